The van der Waals surface area contributed by atoms with E-state index < -0.39 is 0 Å². The molecule has 0 spiro atoms. The number of morpholine rings is 1. The highest BCUT2D eigenvalue weighted by atomic mass is 16.5. The normalized spacial score (nSPS) is 29.9. The summed E-state index contributed by atoms with van der Waals surface area (Å²) < 4.78 is 11.1. The van der Waals surface area contributed by atoms with Crippen molar-refractivity contribution in [1.29, 1.82) is 0 Å². The van der Waals surface area contributed by atoms with Crippen molar-refractivity contribution in [3.05, 3.63) is 0 Å². The molecule has 3 heterocycles. The average molecular weight is 444 g/mol. The molecule has 0 aromatic heterocycles. The third kappa shape index (κ3) is 6.62. The van der Waals surface area contributed by atoms with E-state index >= 15 is 0 Å². The fourth-order valence-corrected chi connectivity index (χ4v) is 5.95. The Morgan fingerprint density at radius 3 is 1.52 bits per heavy atom. The summed E-state index contributed by atoms with van der Waals surface area (Å²) in [6, 6.07) is 0.562. The van der Waals surface area contributed by atoms with E-state index in [9.17, 15) is 10.4 Å². The predicted molar refractivity (Wildman–Crippen MR) is 124 cm³/mol. The van der Waals surface area contributed by atoms with E-state index in [4.69, 9.17) is 9.47 Å². The Balaban J connectivity index is 0.000000225. The second-order valence-electron chi connectivity index (χ2n) is 12.1. The first-order valence-electron chi connectivity index (χ1n) is 12.0. The van der Waals surface area contributed by atoms with Crippen LogP contribution in [0.3, 0.4) is 0 Å². The fraction of sp³-hybridized carbons (Fsp3) is 1.00. The summed E-state index contributed by atoms with van der Waals surface area (Å²) in [6.07, 6.45) is 4.09. The van der Waals surface area contributed by atoms with Crippen LogP contribution in [0.25, 0.3) is 0 Å². The molecule has 3 aliphatic heterocycles. The maximum Gasteiger partial charge on any atom is 0.0611 e. The van der Waals surface area contributed by atoms with Gasteiger partial charge in [-0.05, 0) is 88.0 Å². The first kappa shape index (κ1) is 27.0. The zero-order valence-corrected chi connectivity index (χ0v) is 21.6. The van der Waals surface area contributed by atoms with E-state index in [1.165, 1.54) is 5.06 Å². The van der Waals surface area contributed by atoms with E-state index in [2.05, 4.69) is 60.3 Å². The smallest absolute Gasteiger partial charge is 0.0611 e. The summed E-state index contributed by atoms with van der Waals surface area (Å²) in [4.78, 5) is 2.53. The number of nitrogens with zero attached hydrogens (tertiary/aromatic N) is 3. The monoisotopic (exact) mass is 443 g/mol. The number of ether oxygens (including phenoxy) is 2. The number of hydrogen-bond acceptors (Lipinski definition) is 7. The van der Waals surface area contributed by atoms with Crippen LogP contribution in [0, 0.1) is 0 Å². The van der Waals surface area contributed by atoms with Gasteiger partial charge in [0.2, 0.25) is 0 Å². The molecule has 2 N–H and O–H groups in total. The summed E-state index contributed by atoms with van der Waals surface area (Å²) >= 11 is 0. The molecule has 31 heavy (non-hydrogen) atoms. The Kier molecular flexibility index (Phi) is 8.63. The lowest BCUT2D eigenvalue weighted by atomic mass is 9.78. The van der Waals surface area contributed by atoms with Crippen molar-refractivity contribution in [2.24, 2.45) is 0 Å². The molecule has 7 nitrogen and oxygen atoms in total. The quantitative estimate of drug-likeness (QED) is 0.679. The van der Waals surface area contributed by atoms with E-state index in [-0.39, 0.29) is 28.3 Å². The molecule has 0 aliphatic carbocycles. The number of hydrogen-bond donors (Lipinski definition) is 2. The summed E-state index contributed by atoms with van der Waals surface area (Å²) in [5, 5.41) is 23.3. The van der Waals surface area contributed by atoms with Crippen LogP contribution in [-0.4, -0.2) is 92.7 Å². The third-order valence-corrected chi connectivity index (χ3v) is 7.18. The van der Waals surface area contributed by atoms with Crippen molar-refractivity contribution >= 4 is 0 Å². The molecule has 3 rings (SSSR count). The highest BCUT2D eigenvalue weighted by molar-refractivity contribution is 4.99. The van der Waals surface area contributed by atoms with Crippen molar-refractivity contribution in [1.82, 2.24) is 15.0 Å². The Morgan fingerprint density at radius 1 is 0.742 bits per heavy atom. The summed E-state index contributed by atoms with van der Waals surface area (Å²) in [5.74, 6) is 0. The van der Waals surface area contributed by atoms with E-state index in [0.717, 1.165) is 58.6 Å². The lowest BCUT2D eigenvalue weighted by Crippen LogP contribution is -2.63. The third-order valence-electron chi connectivity index (χ3n) is 7.18. The van der Waals surface area contributed by atoms with Gasteiger partial charge in [0.05, 0.1) is 19.3 Å². The summed E-state index contributed by atoms with van der Waals surface area (Å²) in [6.45, 7) is 23.3. The van der Waals surface area contributed by atoms with Gasteiger partial charge in [-0.25, -0.2) is 0 Å². The van der Waals surface area contributed by atoms with Gasteiger partial charge in [0, 0.05) is 47.9 Å². The van der Waals surface area contributed by atoms with Crippen molar-refractivity contribution in [3.63, 3.8) is 0 Å². The van der Waals surface area contributed by atoms with Crippen LogP contribution in [0.4, 0.5) is 0 Å². The van der Waals surface area contributed by atoms with Gasteiger partial charge in [-0.15, -0.1) is 0 Å². The van der Waals surface area contributed by atoms with Gasteiger partial charge < -0.3 is 19.9 Å². The number of hydroxylamine groups is 4. The van der Waals surface area contributed by atoms with Crippen LogP contribution < -0.4 is 0 Å². The SMILES string of the molecule is CC1(C)CC(N2CCOCC2)CC(C)(C)N1O.CCOC1CC(C)(C)N(O)C(C)(C)C1. The largest absolute Gasteiger partial charge is 0.379 e. The Hall–Kier alpha value is -0.280. The molecule has 7 heteroatoms. The molecule has 0 aromatic rings. The molecule has 3 fully saturated rings. The molecule has 3 aliphatic rings. The average Bonchev–Trinajstić information content (AvgIpc) is 2.65. The highest BCUT2D eigenvalue weighted by Crippen LogP contribution is 2.39. The molecule has 3 saturated heterocycles. The topological polar surface area (TPSA) is 68.6 Å². The maximum atomic E-state index is 10.3. The van der Waals surface area contributed by atoms with Crippen LogP contribution >= 0.6 is 0 Å². The fourth-order valence-electron chi connectivity index (χ4n) is 5.95. The maximum absolute atomic E-state index is 10.3. The lowest BCUT2D eigenvalue weighted by Gasteiger charge is -2.54. The van der Waals surface area contributed by atoms with Gasteiger partial charge in [0.1, 0.15) is 0 Å². The van der Waals surface area contributed by atoms with Crippen molar-refractivity contribution in [2.75, 3.05) is 32.9 Å². The van der Waals surface area contributed by atoms with Gasteiger partial charge in [-0.2, -0.15) is 10.1 Å². The standard InChI is InChI=1S/C13H26N2O2.C11H23NO2/c1-12(2)9-11(10-13(3,4)15(12)16)14-5-7-17-8-6-14;1-6-14-9-7-10(2,3)12(13)11(4,5)8-9/h11,16H,5-10H2,1-4H3;9,13H,6-8H2,1-5H3. The zero-order chi connectivity index (χ0) is 23.7. The van der Waals surface area contributed by atoms with E-state index in [1.807, 2.05) is 6.92 Å². The van der Waals surface area contributed by atoms with Crippen LogP contribution in [0.5, 0.6) is 0 Å². The summed E-state index contributed by atoms with van der Waals surface area (Å²) in [5.41, 5.74) is -0.682. The second kappa shape index (κ2) is 9.92. The first-order chi connectivity index (χ1) is 14.1. The molecule has 0 saturated carbocycles. The van der Waals surface area contributed by atoms with Gasteiger partial charge in [-0.1, -0.05) is 0 Å². The van der Waals surface area contributed by atoms with Crippen molar-refractivity contribution < 1.29 is 19.9 Å². The molecule has 0 bridgehead atoms. The Morgan fingerprint density at radius 2 is 1.13 bits per heavy atom. The van der Waals surface area contributed by atoms with Crippen LogP contribution in [0.2, 0.25) is 0 Å². The van der Waals surface area contributed by atoms with Crippen molar-refractivity contribution in [3.8, 4) is 0 Å². The van der Waals surface area contributed by atoms with Gasteiger partial charge in [0.25, 0.3) is 0 Å². The van der Waals surface area contributed by atoms with Crippen LogP contribution in [-0.2, 0) is 9.47 Å². The second-order valence-corrected chi connectivity index (χ2v) is 12.1. The minimum absolute atomic E-state index is 0.148. The first-order valence-corrected chi connectivity index (χ1v) is 12.0. The van der Waals surface area contributed by atoms with E-state index in [0.29, 0.717) is 6.04 Å². The summed E-state index contributed by atoms with van der Waals surface area (Å²) in [7, 11) is 0. The Labute approximate surface area is 190 Å². The van der Waals surface area contributed by atoms with Crippen LogP contribution in [0.15, 0.2) is 0 Å². The van der Waals surface area contributed by atoms with Crippen LogP contribution in [0.1, 0.15) is 88.0 Å². The minimum atomic E-state index is -0.193. The lowest BCUT2D eigenvalue weighted by molar-refractivity contribution is -0.260. The number of piperidine rings is 2. The zero-order valence-electron chi connectivity index (χ0n) is 21.6. The molecule has 0 aromatic carbocycles. The Bertz CT molecular complexity index is 537. The molecular weight excluding hydrogens is 394 g/mol. The van der Waals surface area contributed by atoms with Gasteiger partial charge in [-0.3, -0.25) is 4.90 Å². The predicted octanol–water partition coefficient (Wildman–Crippen LogP) is 4.16. The molecule has 0 atom stereocenters. The molecular formula is C24H49N3O4. The van der Waals surface area contributed by atoms with E-state index in [1.54, 1.807) is 5.06 Å². The molecule has 0 amide bonds. The number of rotatable bonds is 3. The molecule has 0 radical (unpaired) electrons. The molecule has 0 unspecified atom stereocenters. The minimum Gasteiger partial charge on any atom is -0.379 e. The van der Waals surface area contributed by atoms with Gasteiger partial charge in [0.15, 0.2) is 0 Å². The molecule has 184 valence electrons. The highest BCUT2D eigenvalue weighted by Gasteiger charge is 2.47. The van der Waals surface area contributed by atoms with Crippen molar-refractivity contribution in [2.45, 2.75) is 122 Å². The van der Waals surface area contributed by atoms with Gasteiger partial charge >= 0.3 is 0 Å².